The fourth-order valence-corrected chi connectivity index (χ4v) is 2.04. The topological polar surface area (TPSA) is 109 Å². The van der Waals surface area contributed by atoms with Crippen molar-refractivity contribution >= 4 is 29.2 Å². The molecule has 0 unspecified atom stereocenters. The minimum absolute atomic E-state index is 0.0199. The smallest absolute Gasteiger partial charge is 0.315 e. The summed E-state index contributed by atoms with van der Waals surface area (Å²) in [4.78, 5) is 57.8. The normalized spacial score (nSPS) is 13.1. The second kappa shape index (κ2) is 10.7. The van der Waals surface area contributed by atoms with Crippen LogP contribution in [0.25, 0.3) is 0 Å². The molecule has 0 aliphatic carbocycles. The first-order chi connectivity index (χ1) is 11.0. The van der Waals surface area contributed by atoms with E-state index in [1.165, 1.54) is 20.8 Å². The van der Waals surface area contributed by atoms with Crippen LogP contribution >= 0.6 is 0 Å². The summed E-state index contributed by atoms with van der Waals surface area (Å²) in [5.41, 5.74) is 0. The van der Waals surface area contributed by atoms with Gasteiger partial charge in [0, 0.05) is 18.8 Å². The largest absolute Gasteiger partial charge is 0.328 e. The van der Waals surface area contributed by atoms with Gasteiger partial charge in [-0.15, -0.1) is 0 Å². The van der Waals surface area contributed by atoms with Crippen LogP contribution in [0.2, 0.25) is 0 Å². The third-order valence-electron chi connectivity index (χ3n) is 3.70. The van der Waals surface area contributed by atoms with Crippen LogP contribution in [0, 0.1) is 5.92 Å². The Labute approximate surface area is 142 Å². The van der Waals surface area contributed by atoms with Gasteiger partial charge in [-0.05, 0) is 33.6 Å². The molecule has 0 spiro atoms. The number of nitrogens with one attached hydrogen (secondary N) is 2. The van der Waals surface area contributed by atoms with Gasteiger partial charge in [-0.25, -0.2) is 4.79 Å². The number of Topliss-reactive ketones (excluding diaryl/α,β-unsaturated/α-hetero) is 4. The van der Waals surface area contributed by atoms with Crippen molar-refractivity contribution in [2.75, 3.05) is 0 Å². The molecule has 0 saturated carbocycles. The summed E-state index contributed by atoms with van der Waals surface area (Å²) in [5, 5.41) is 4.97. The van der Waals surface area contributed by atoms with Gasteiger partial charge in [-0.1, -0.05) is 13.8 Å². The Morgan fingerprint density at radius 3 is 1.50 bits per heavy atom. The lowest BCUT2D eigenvalue weighted by molar-refractivity contribution is -0.123. The number of ketones is 4. The Morgan fingerprint density at radius 1 is 0.750 bits per heavy atom. The van der Waals surface area contributed by atoms with E-state index in [-0.39, 0.29) is 54.7 Å². The molecule has 0 rings (SSSR count). The second-order valence-corrected chi connectivity index (χ2v) is 6.34. The van der Waals surface area contributed by atoms with Gasteiger partial charge < -0.3 is 15.4 Å². The third kappa shape index (κ3) is 9.17. The first kappa shape index (κ1) is 21.9. The zero-order chi connectivity index (χ0) is 18.9. The highest BCUT2D eigenvalue weighted by atomic mass is 16.2. The molecule has 0 aromatic carbocycles. The van der Waals surface area contributed by atoms with E-state index in [1.807, 2.05) is 0 Å². The van der Waals surface area contributed by atoms with Crippen molar-refractivity contribution in [3.63, 3.8) is 0 Å². The minimum atomic E-state index is -0.784. The Morgan fingerprint density at radius 2 is 1.17 bits per heavy atom. The van der Waals surface area contributed by atoms with Gasteiger partial charge in [0.05, 0.1) is 12.1 Å². The Kier molecular flexibility index (Phi) is 9.76. The molecule has 0 aromatic heterocycles. The maximum absolute atomic E-state index is 12.0. The second-order valence-electron chi connectivity index (χ2n) is 6.34. The van der Waals surface area contributed by atoms with Crippen molar-refractivity contribution in [1.29, 1.82) is 0 Å². The molecule has 0 aromatic rings. The predicted octanol–water partition coefficient (Wildman–Crippen LogP) is 1.58. The molecule has 7 heteroatoms. The van der Waals surface area contributed by atoms with Crippen LogP contribution in [0.3, 0.4) is 0 Å². The van der Waals surface area contributed by atoms with Crippen molar-refractivity contribution in [2.45, 2.75) is 72.4 Å². The summed E-state index contributed by atoms with van der Waals surface area (Å²) in [7, 11) is 0. The maximum Gasteiger partial charge on any atom is 0.315 e. The standard InChI is InChI=1S/C17H28N2O5/c1-10(2)16(23)9-8-15(13(5)22)19-17(24)18-14(12(4)21)7-6-11(3)20/h10,14-15H,6-9H2,1-5H3,(H2,18,19,24)/t14-,15-/m0/s1. The molecule has 2 atom stereocenters. The van der Waals surface area contributed by atoms with E-state index in [9.17, 15) is 24.0 Å². The van der Waals surface area contributed by atoms with Gasteiger partial charge in [0.15, 0.2) is 11.6 Å². The number of carbonyl (C=O) groups is 5. The molecule has 0 bridgehead atoms. The quantitative estimate of drug-likeness (QED) is 0.593. The van der Waals surface area contributed by atoms with Gasteiger partial charge in [0.1, 0.15) is 11.6 Å². The third-order valence-corrected chi connectivity index (χ3v) is 3.70. The molecule has 136 valence electrons. The van der Waals surface area contributed by atoms with Crippen molar-refractivity contribution in [1.82, 2.24) is 10.6 Å². The van der Waals surface area contributed by atoms with Crippen molar-refractivity contribution in [3.05, 3.63) is 0 Å². The summed E-state index contributed by atoms with van der Waals surface area (Å²) in [6.45, 7) is 7.63. The first-order valence-electron chi connectivity index (χ1n) is 8.14. The predicted molar refractivity (Wildman–Crippen MR) is 89.6 cm³/mol. The fourth-order valence-electron chi connectivity index (χ4n) is 2.04. The zero-order valence-corrected chi connectivity index (χ0v) is 15.1. The van der Waals surface area contributed by atoms with Crippen LogP contribution in [-0.2, 0) is 19.2 Å². The molecule has 2 amide bonds. The number of hydrogen-bond acceptors (Lipinski definition) is 5. The van der Waals surface area contributed by atoms with E-state index >= 15 is 0 Å². The van der Waals surface area contributed by atoms with Gasteiger partial charge in [-0.2, -0.15) is 0 Å². The highest BCUT2D eigenvalue weighted by Gasteiger charge is 2.22. The summed E-state index contributed by atoms with van der Waals surface area (Å²) >= 11 is 0. The van der Waals surface area contributed by atoms with Crippen LogP contribution in [0.4, 0.5) is 4.79 Å². The SMILES string of the molecule is CC(=O)CC[C@H](NC(=O)N[C@@H](CCC(=O)C(C)C)C(C)=O)C(C)=O. The molecule has 0 radical (unpaired) electrons. The highest BCUT2D eigenvalue weighted by Crippen LogP contribution is 2.06. The minimum Gasteiger partial charge on any atom is -0.328 e. The van der Waals surface area contributed by atoms with Crippen LogP contribution in [-0.4, -0.2) is 41.2 Å². The Hall–Kier alpha value is -2.05. The first-order valence-corrected chi connectivity index (χ1v) is 8.14. The number of rotatable bonds is 11. The van der Waals surface area contributed by atoms with E-state index in [0.29, 0.717) is 0 Å². The monoisotopic (exact) mass is 340 g/mol. The van der Waals surface area contributed by atoms with Crippen molar-refractivity contribution in [2.24, 2.45) is 5.92 Å². The zero-order valence-electron chi connectivity index (χ0n) is 15.1. The van der Waals surface area contributed by atoms with Crippen LogP contribution in [0.1, 0.15) is 60.3 Å². The molecule has 0 heterocycles. The molecule has 0 fully saturated rings. The van der Waals surface area contributed by atoms with E-state index in [2.05, 4.69) is 10.6 Å². The van der Waals surface area contributed by atoms with Crippen LogP contribution in [0.5, 0.6) is 0 Å². The van der Waals surface area contributed by atoms with Crippen molar-refractivity contribution in [3.8, 4) is 0 Å². The lowest BCUT2D eigenvalue weighted by Crippen LogP contribution is -2.50. The molecule has 2 N–H and O–H groups in total. The van der Waals surface area contributed by atoms with Gasteiger partial charge in [0.2, 0.25) is 0 Å². The average molecular weight is 340 g/mol. The summed E-state index contributed by atoms with van der Waals surface area (Å²) < 4.78 is 0. The molecule has 0 aliphatic rings. The van der Waals surface area contributed by atoms with Gasteiger partial charge >= 0.3 is 6.03 Å². The number of carbonyl (C=O) groups excluding carboxylic acids is 5. The van der Waals surface area contributed by atoms with Gasteiger partial charge in [0.25, 0.3) is 0 Å². The van der Waals surface area contributed by atoms with E-state index in [0.717, 1.165) is 0 Å². The molecular formula is C17H28N2O5. The summed E-state index contributed by atoms with van der Waals surface area (Å²) in [5.74, 6) is -0.700. The fraction of sp³-hybridized carbons (Fsp3) is 0.706. The van der Waals surface area contributed by atoms with E-state index in [1.54, 1.807) is 13.8 Å². The molecule has 7 nitrogen and oxygen atoms in total. The Bertz CT molecular complexity index is 499. The highest BCUT2D eigenvalue weighted by molar-refractivity contribution is 5.91. The summed E-state index contributed by atoms with van der Waals surface area (Å²) in [6.07, 6.45) is 0.818. The van der Waals surface area contributed by atoms with Crippen LogP contribution in [0.15, 0.2) is 0 Å². The van der Waals surface area contributed by atoms with Gasteiger partial charge in [-0.3, -0.25) is 14.4 Å². The molecule has 0 saturated heterocycles. The lowest BCUT2D eigenvalue weighted by Gasteiger charge is -2.20. The number of hydrogen-bond donors (Lipinski definition) is 2. The molecule has 0 aliphatic heterocycles. The van der Waals surface area contributed by atoms with Crippen molar-refractivity contribution < 1.29 is 24.0 Å². The average Bonchev–Trinajstić information content (AvgIpc) is 2.46. The molecule has 24 heavy (non-hydrogen) atoms. The lowest BCUT2D eigenvalue weighted by atomic mass is 10.00. The Balaban J connectivity index is 4.64. The van der Waals surface area contributed by atoms with Crippen LogP contribution < -0.4 is 10.6 Å². The maximum atomic E-state index is 12.0. The van der Waals surface area contributed by atoms with E-state index < -0.39 is 18.1 Å². The summed E-state index contributed by atoms with van der Waals surface area (Å²) in [6, 6.07) is -2.22. The molecular weight excluding hydrogens is 312 g/mol. The number of urea groups is 1. The van der Waals surface area contributed by atoms with E-state index in [4.69, 9.17) is 0 Å². The number of amides is 2.